The summed E-state index contributed by atoms with van der Waals surface area (Å²) in [6.07, 6.45) is 3.08. The first kappa shape index (κ1) is 26.3. The molecule has 200 valence electrons. The Balaban J connectivity index is 1.58. The number of aromatic nitrogens is 4. The van der Waals surface area contributed by atoms with Crippen molar-refractivity contribution in [1.82, 2.24) is 25.3 Å². The first-order chi connectivity index (χ1) is 18.5. The fraction of sp³-hybridized carbons (Fsp3) is 0.321. The molecular formula is C28H27ClN6O4. The summed E-state index contributed by atoms with van der Waals surface area (Å²) in [4.78, 5) is 24.8. The smallest absolute Gasteiger partial charge is 0.407 e. The zero-order valence-corrected chi connectivity index (χ0v) is 22.7. The van der Waals surface area contributed by atoms with E-state index in [9.17, 15) is 14.9 Å². The zero-order chi connectivity index (χ0) is 27.9. The van der Waals surface area contributed by atoms with E-state index in [1.807, 2.05) is 6.07 Å². The summed E-state index contributed by atoms with van der Waals surface area (Å²) in [5.41, 5.74) is 2.55. The van der Waals surface area contributed by atoms with E-state index in [1.54, 1.807) is 63.0 Å². The number of rotatable bonds is 6. The molecule has 4 aromatic rings. The predicted octanol–water partition coefficient (Wildman–Crippen LogP) is 5.08. The van der Waals surface area contributed by atoms with E-state index < -0.39 is 11.7 Å². The van der Waals surface area contributed by atoms with Crippen LogP contribution in [0.15, 0.2) is 41.3 Å². The summed E-state index contributed by atoms with van der Waals surface area (Å²) in [6, 6.07) is 11.0. The van der Waals surface area contributed by atoms with Crippen LogP contribution in [0.3, 0.4) is 0 Å². The average Bonchev–Trinajstić information content (AvgIpc) is 3.60. The number of amides is 1. The van der Waals surface area contributed by atoms with Crippen molar-refractivity contribution in [3.63, 3.8) is 0 Å². The fourth-order valence-electron chi connectivity index (χ4n) is 4.30. The molecule has 0 radical (unpaired) electrons. The highest BCUT2D eigenvalue weighted by Gasteiger charge is 2.27. The number of aromatic amines is 1. The van der Waals surface area contributed by atoms with Gasteiger partial charge >= 0.3 is 6.09 Å². The van der Waals surface area contributed by atoms with Crippen LogP contribution in [0, 0.1) is 11.3 Å². The van der Waals surface area contributed by atoms with Gasteiger partial charge in [0.1, 0.15) is 23.0 Å². The second kappa shape index (κ2) is 10.1. The van der Waals surface area contributed by atoms with Crippen LogP contribution in [-0.2, 0) is 18.3 Å². The van der Waals surface area contributed by atoms with Gasteiger partial charge in [0, 0.05) is 34.6 Å². The number of hydrogen-bond donors (Lipinski definition) is 2. The number of H-pyrrole nitrogens is 1. The van der Waals surface area contributed by atoms with Gasteiger partial charge in [-0.3, -0.25) is 9.48 Å². The number of fused-ring (bicyclic) bond motifs is 1. The number of alkyl carbamates (subject to hydrolysis) is 1. The maximum atomic E-state index is 12.5. The van der Waals surface area contributed by atoms with Crippen molar-refractivity contribution in [2.24, 2.45) is 7.05 Å². The minimum Gasteiger partial charge on any atom is -0.489 e. The summed E-state index contributed by atoms with van der Waals surface area (Å²) >= 11 is 6.46. The van der Waals surface area contributed by atoms with Crippen LogP contribution in [-0.4, -0.2) is 37.8 Å². The maximum Gasteiger partial charge on any atom is 0.407 e. The number of halogens is 1. The van der Waals surface area contributed by atoms with Crippen molar-refractivity contribution in [1.29, 1.82) is 5.26 Å². The monoisotopic (exact) mass is 546 g/mol. The van der Waals surface area contributed by atoms with Crippen molar-refractivity contribution in [3.8, 4) is 34.2 Å². The molecule has 11 heteroatoms. The van der Waals surface area contributed by atoms with E-state index >= 15 is 0 Å². The third-order valence-electron chi connectivity index (χ3n) is 6.17. The van der Waals surface area contributed by atoms with Gasteiger partial charge < -0.3 is 14.8 Å². The van der Waals surface area contributed by atoms with E-state index in [-0.39, 0.29) is 18.2 Å². The Morgan fingerprint density at radius 2 is 2.00 bits per heavy atom. The van der Waals surface area contributed by atoms with Gasteiger partial charge in [0.05, 0.1) is 35.6 Å². The van der Waals surface area contributed by atoms with Gasteiger partial charge in [0.15, 0.2) is 0 Å². The lowest BCUT2D eigenvalue weighted by atomic mass is 9.96. The van der Waals surface area contributed by atoms with Crippen LogP contribution in [0.1, 0.15) is 44.9 Å². The SMILES string of the molecule is Cn1ncc(-c2ccc3c(=O)[nH]nc(CNC(=O)OC(C)(C)C)c3c2)c1-c1cc(Cl)cc(OC2CC2)c1C#N. The van der Waals surface area contributed by atoms with E-state index in [0.717, 1.165) is 24.0 Å². The molecule has 1 fully saturated rings. The molecule has 1 amide bonds. The minimum absolute atomic E-state index is 0.0419. The number of aryl methyl sites for hydroxylation is 1. The largest absolute Gasteiger partial charge is 0.489 e. The Labute approximate surface area is 229 Å². The number of nitrogens with one attached hydrogen (secondary N) is 2. The summed E-state index contributed by atoms with van der Waals surface area (Å²) in [7, 11) is 1.78. The summed E-state index contributed by atoms with van der Waals surface area (Å²) < 4.78 is 13.0. The summed E-state index contributed by atoms with van der Waals surface area (Å²) in [5, 5.41) is 25.3. The van der Waals surface area contributed by atoms with Crippen LogP contribution in [0.2, 0.25) is 5.02 Å². The van der Waals surface area contributed by atoms with Crippen molar-refractivity contribution in [2.45, 2.75) is 51.9 Å². The number of ether oxygens (including phenoxy) is 2. The molecule has 39 heavy (non-hydrogen) atoms. The molecule has 0 saturated heterocycles. The summed E-state index contributed by atoms with van der Waals surface area (Å²) in [5.74, 6) is 0.444. The Hall–Kier alpha value is -4.36. The summed E-state index contributed by atoms with van der Waals surface area (Å²) in [6.45, 7) is 5.37. The van der Waals surface area contributed by atoms with Crippen molar-refractivity contribution < 1.29 is 14.3 Å². The van der Waals surface area contributed by atoms with Crippen LogP contribution in [0.5, 0.6) is 5.75 Å². The Bertz CT molecular complexity index is 1690. The first-order valence-electron chi connectivity index (χ1n) is 12.5. The van der Waals surface area contributed by atoms with Crippen molar-refractivity contribution in [3.05, 3.63) is 63.2 Å². The van der Waals surface area contributed by atoms with Gasteiger partial charge in [-0.2, -0.15) is 15.5 Å². The Morgan fingerprint density at radius 3 is 2.69 bits per heavy atom. The van der Waals surface area contributed by atoms with Crippen LogP contribution in [0.4, 0.5) is 4.79 Å². The molecule has 2 aromatic carbocycles. The molecular weight excluding hydrogens is 520 g/mol. The van der Waals surface area contributed by atoms with E-state index in [0.29, 0.717) is 44.1 Å². The van der Waals surface area contributed by atoms with Gasteiger partial charge in [0.25, 0.3) is 5.56 Å². The van der Waals surface area contributed by atoms with Crippen molar-refractivity contribution >= 4 is 28.5 Å². The van der Waals surface area contributed by atoms with E-state index in [4.69, 9.17) is 21.1 Å². The van der Waals surface area contributed by atoms with Gasteiger partial charge in [0.2, 0.25) is 0 Å². The fourth-order valence-corrected chi connectivity index (χ4v) is 4.51. The molecule has 1 saturated carbocycles. The highest BCUT2D eigenvalue weighted by molar-refractivity contribution is 6.31. The van der Waals surface area contributed by atoms with Crippen molar-refractivity contribution in [2.75, 3.05) is 0 Å². The molecule has 2 aromatic heterocycles. The molecule has 5 rings (SSSR count). The second-order valence-corrected chi connectivity index (χ2v) is 10.8. The molecule has 1 aliphatic carbocycles. The number of hydrogen-bond acceptors (Lipinski definition) is 7. The molecule has 0 spiro atoms. The van der Waals surface area contributed by atoms with Gasteiger partial charge in [-0.1, -0.05) is 17.7 Å². The topological polar surface area (TPSA) is 135 Å². The standard InChI is InChI=1S/C28H27ClN6O4/c1-28(2,3)39-27(37)31-14-23-19-9-15(5-8-18(19)26(36)34-33-23)22-13-32-35(4)25(22)20-10-16(29)11-24(21(20)12-30)38-17-6-7-17/h5,8-11,13,17H,6-7,14H2,1-4H3,(H,31,37)(H,34,36). The molecule has 2 N–H and O–H groups in total. The first-order valence-corrected chi connectivity index (χ1v) is 12.8. The molecule has 0 bridgehead atoms. The normalized spacial score (nSPS) is 13.2. The van der Waals surface area contributed by atoms with Gasteiger partial charge in [-0.05, 0) is 57.4 Å². The lowest BCUT2D eigenvalue weighted by Crippen LogP contribution is -2.32. The van der Waals surface area contributed by atoms with Gasteiger partial charge in [-0.25, -0.2) is 9.89 Å². The van der Waals surface area contributed by atoms with Crippen LogP contribution < -0.4 is 15.6 Å². The molecule has 1 aliphatic rings. The highest BCUT2D eigenvalue weighted by Crippen LogP contribution is 2.41. The molecule has 0 atom stereocenters. The Morgan fingerprint density at radius 1 is 1.23 bits per heavy atom. The van der Waals surface area contributed by atoms with Crippen LogP contribution in [0.25, 0.3) is 33.2 Å². The number of nitriles is 1. The lowest BCUT2D eigenvalue weighted by Gasteiger charge is -2.19. The highest BCUT2D eigenvalue weighted by atomic mass is 35.5. The molecule has 0 aliphatic heterocycles. The average molecular weight is 547 g/mol. The zero-order valence-electron chi connectivity index (χ0n) is 22.0. The third kappa shape index (κ3) is 5.59. The predicted molar refractivity (Wildman–Crippen MR) is 146 cm³/mol. The number of benzene rings is 2. The Kier molecular flexibility index (Phi) is 6.78. The van der Waals surface area contributed by atoms with Crippen LogP contribution >= 0.6 is 11.6 Å². The third-order valence-corrected chi connectivity index (χ3v) is 6.39. The van der Waals surface area contributed by atoms with E-state index in [1.165, 1.54) is 0 Å². The second-order valence-electron chi connectivity index (χ2n) is 10.4. The van der Waals surface area contributed by atoms with Gasteiger partial charge in [-0.15, -0.1) is 0 Å². The quantitative estimate of drug-likeness (QED) is 0.344. The minimum atomic E-state index is -0.652. The number of nitrogens with zero attached hydrogens (tertiary/aromatic N) is 4. The molecule has 2 heterocycles. The molecule has 10 nitrogen and oxygen atoms in total. The molecule has 0 unspecified atom stereocenters. The maximum absolute atomic E-state index is 12.5. The van der Waals surface area contributed by atoms with E-state index in [2.05, 4.69) is 26.7 Å². The number of carbonyl (C=O) groups excluding carboxylic acids is 1. The number of carbonyl (C=O) groups is 1. The lowest BCUT2D eigenvalue weighted by molar-refractivity contribution is 0.0523.